The first-order chi connectivity index (χ1) is 9.45. The van der Waals surface area contributed by atoms with E-state index in [9.17, 15) is 0 Å². The topological polar surface area (TPSA) is 18.5 Å². The molecule has 0 N–H and O–H groups in total. The fourth-order valence-electron chi connectivity index (χ4n) is 2.41. The van der Waals surface area contributed by atoms with Crippen molar-refractivity contribution in [2.24, 2.45) is 5.92 Å². The third kappa shape index (κ3) is 5.32. The Labute approximate surface area is 131 Å². The molecule has 1 aromatic rings. The summed E-state index contributed by atoms with van der Waals surface area (Å²) < 4.78 is 13.2. The van der Waals surface area contributed by atoms with Gasteiger partial charge >= 0.3 is 132 Å². The summed E-state index contributed by atoms with van der Waals surface area (Å²) in [7, 11) is 0. The third-order valence-electron chi connectivity index (χ3n) is 3.66. The fraction of sp³-hybridized carbons (Fsp3) is 0.750. The van der Waals surface area contributed by atoms with Crippen molar-refractivity contribution >= 4 is 32.6 Å². The molecule has 0 spiro atoms. The molecule has 2 rings (SSSR count). The Morgan fingerprint density at radius 3 is 2.75 bits per heavy atom. The molecule has 0 saturated carbocycles. The zero-order valence-corrected chi connectivity index (χ0v) is 16.9. The molecule has 0 bridgehead atoms. The van der Waals surface area contributed by atoms with Gasteiger partial charge in [0.2, 0.25) is 0 Å². The van der Waals surface area contributed by atoms with Gasteiger partial charge in [0.1, 0.15) is 0 Å². The number of thiophene rings is 1. The minimum absolute atomic E-state index is 0.0517. The summed E-state index contributed by atoms with van der Waals surface area (Å²) in [6.07, 6.45) is 4.68. The van der Waals surface area contributed by atoms with Gasteiger partial charge in [0.25, 0.3) is 0 Å². The predicted molar refractivity (Wildman–Crippen MR) is 89.7 cm³/mol. The van der Waals surface area contributed by atoms with Gasteiger partial charge in [0, 0.05) is 0 Å². The Hall–Kier alpha value is 0.419. The van der Waals surface area contributed by atoms with Crippen LogP contribution in [0.1, 0.15) is 31.1 Å². The molecule has 1 aliphatic heterocycles. The van der Waals surface area contributed by atoms with Crippen LogP contribution in [-0.2, 0) is 15.9 Å². The summed E-state index contributed by atoms with van der Waals surface area (Å²) in [5, 5.41) is 0. The molecule has 1 unspecified atom stereocenters. The maximum atomic E-state index is 5.89. The normalized spacial score (nSPS) is 21.9. The van der Waals surface area contributed by atoms with Crippen LogP contribution in [0.2, 0.25) is 14.8 Å². The molecule has 4 heteroatoms. The summed E-state index contributed by atoms with van der Waals surface area (Å²) in [6.45, 7) is 3.96. The van der Waals surface area contributed by atoms with Crippen LogP contribution in [0, 0.1) is 5.92 Å². The second-order valence-corrected chi connectivity index (χ2v) is 23.5. The summed E-state index contributed by atoms with van der Waals surface area (Å²) >= 11 is 0.176. The average Bonchev–Trinajstić information content (AvgIpc) is 2.86. The van der Waals surface area contributed by atoms with E-state index < -0.39 is 18.4 Å². The molecular formula is C16H28O2SSn. The number of hydrogen-bond acceptors (Lipinski definition) is 3. The van der Waals surface area contributed by atoms with Crippen LogP contribution in [0.15, 0.2) is 12.1 Å². The van der Waals surface area contributed by atoms with Crippen molar-refractivity contribution in [3.8, 4) is 0 Å². The van der Waals surface area contributed by atoms with Gasteiger partial charge < -0.3 is 0 Å². The first kappa shape index (κ1) is 16.8. The van der Waals surface area contributed by atoms with Gasteiger partial charge in [0.15, 0.2) is 0 Å². The van der Waals surface area contributed by atoms with Crippen LogP contribution >= 0.6 is 11.3 Å². The molecule has 1 aliphatic rings. The van der Waals surface area contributed by atoms with Crippen molar-refractivity contribution in [2.45, 2.75) is 53.7 Å². The fourth-order valence-corrected chi connectivity index (χ4v) is 9.04. The molecule has 2 nitrogen and oxygen atoms in total. The number of ether oxygens (including phenoxy) is 2. The van der Waals surface area contributed by atoms with Gasteiger partial charge in [-0.05, 0) is 0 Å². The number of hydrogen-bond donors (Lipinski definition) is 0. The van der Waals surface area contributed by atoms with Crippen molar-refractivity contribution in [1.29, 1.82) is 0 Å². The standard InChI is InChI=1S/C13H19O2S.3CH3.Sn/c1-11(9-12-5-4-8-16-12)10-15-13-6-2-3-7-14-13;;;;/h4-5,11,13H,2-3,6-7,9-10H2,1H3;3*1H3;/t11-,13?;;;;/m1..../s1. The first-order valence-electron chi connectivity index (χ1n) is 7.77. The molecule has 2 atom stereocenters. The van der Waals surface area contributed by atoms with Crippen molar-refractivity contribution in [2.75, 3.05) is 13.2 Å². The maximum absolute atomic E-state index is 5.89. The van der Waals surface area contributed by atoms with Gasteiger partial charge in [-0.25, -0.2) is 0 Å². The Morgan fingerprint density at radius 2 is 2.15 bits per heavy atom. The van der Waals surface area contributed by atoms with Crippen molar-refractivity contribution in [3.05, 3.63) is 17.0 Å². The molecular weight excluding hydrogens is 375 g/mol. The predicted octanol–water partition coefficient (Wildman–Crippen LogP) is 4.02. The van der Waals surface area contributed by atoms with E-state index in [-0.39, 0.29) is 6.29 Å². The SMILES string of the molecule is C[C@@H](COC1CCCCO1)Cc1cc[c]([Sn]([CH3])([CH3])[CH3])s1. The summed E-state index contributed by atoms with van der Waals surface area (Å²) in [4.78, 5) is 8.97. The third-order valence-corrected chi connectivity index (χ3v) is 14.3. The summed E-state index contributed by atoms with van der Waals surface area (Å²) in [5.41, 5.74) is 0. The monoisotopic (exact) mass is 404 g/mol. The average molecular weight is 403 g/mol. The molecule has 0 radical (unpaired) electrons. The van der Waals surface area contributed by atoms with Gasteiger partial charge in [-0.1, -0.05) is 0 Å². The Bertz CT molecular complexity index is 405. The molecule has 0 aliphatic carbocycles. The van der Waals surface area contributed by atoms with E-state index in [1.807, 2.05) is 11.3 Å². The molecule has 1 aromatic heterocycles. The van der Waals surface area contributed by atoms with E-state index >= 15 is 0 Å². The molecule has 2 heterocycles. The first-order valence-corrected chi connectivity index (χ1v) is 18.6. The zero-order valence-electron chi connectivity index (χ0n) is 13.3. The number of rotatable bonds is 6. The zero-order chi connectivity index (χ0) is 14.6. The molecule has 20 heavy (non-hydrogen) atoms. The Morgan fingerprint density at radius 1 is 1.35 bits per heavy atom. The second kappa shape index (κ2) is 7.61. The van der Waals surface area contributed by atoms with Crippen LogP contribution in [0.4, 0.5) is 0 Å². The van der Waals surface area contributed by atoms with Crippen LogP contribution in [0.5, 0.6) is 0 Å². The van der Waals surface area contributed by atoms with Gasteiger partial charge in [-0.15, -0.1) is 0 Å². The van der Waals surface area contributed by atoms with Crippen LogP contribution in [0.25, 0.3) is 0 Å². The van der Waals surface area contributed by atoms with E-state index in [1.165, 1.54) is 17.7 Å². The molecule has 1 saturated heterocycles. The van der Waals surface area contributed by atoms with E-state index in [2.05, 4.69) is 33.9 Å². The Balaban J connectivity index is 1.76. The minimum atomic E-state index is -1.86. The van der Waals surface area contributed by atoms with E-state index in [4.69, 9.17) is 9.47 Å². The summed E-state index contributed by atoms with van der Waals surface area (Å²) in [5.74, 6) is 0.571. The quantitative estimate of drug-likeness (QED) is 0.669. The van der Waals surface area contributed by atoms with Crippen molar-refractivity contribution in [3.63, 3.8) is 0 Å². The second-order valence-electron chi connectivity index (χ2n) is 6.95. The van der Waals surface area contributed by atoms with E-state index in [0.29, 0.717) is 5.92 Å². The van der Waals surface area contributed by atoms with Crippen molar-refractivity contribution in [1.82, 2.24) is 0 Å². The molecule has 1 fully saturated rings. The van der Waals surface area contributed by atoms with Gasteiger partial charge in [0.05, 0.1) is 0 Å². The van der Waals surface area contributed by atoms with Gasteiger partial charge in [-0.2, -0.15) is 0 Å². The molecule has 0 aromatic carbocycles. The van der Waals surface area contributed by atoms with Crippen LogP contribution < -0.4 is 2.89 Å². The van der Waals surface area contributed by atoms with E-state index in [1.54, 1.807) is 2.89 Å². The van der Waals surface area contributed by atoms with Crippen molar-refractivity contribution < 1.29 is 9.47 Å². The van der Waals surface area contributed by atoms with Crippen LogP contribution in [0.3, 0.4) is 0 Å². The van der Waals surface area contributed by atoms with E-state index in [0.717, 1.165) is 26.1 Å². The Kier molecular flexibility index (Phi) is 6.39. The molecule has 114 valence electrons. The van der Waals surface area contributed by atoms with Crippen LogP contribution in [-0.4, -0.2) is 37.9 Å². The summed E-state index contributed by atoms with van der Waals surface area (Å²) in [6, 6.07) is 4.70. The van der Waals surface area contributed by atoms with Gasteiger partial charge in [-0.3, -0.25) is 0 Å². The molecule has 0 amide bonds.